The Bertz CT molecular complexity index is 772. The molecular weight excluding hydrogens is 324 g/mol. The highest BCUT2D eigenvalue weighted by atomic mass is 79.9. The second kappa shape index (κ2) is 4.05. The van der Waals surface area contributed by atoms with E-state index in [0.29, 0.717) is 11.2 Å². The maximum absolute atomic E-state index is 5.74. The van der Waals surface area contributed by atoms with Crippen LogP contribution in [0.15, 0.2) is 28.1 Å². The smallest absolute Gasteiger partial charge is 0.180 e. The van der Waals surface area contributed by atoms with Gasteiger partial charge in [0.25, 0.3) is 0 Å². The largest absolute Gasteiger partial charge is 0.375 e. The van der Waals surface area contributed by atoms with E-state index in [0.717, 1.165) is 21.5 Å². The van der Waals surface area contributed by atoms with Crippen molar-refractivity contribution in [1.82, 2.24) is 14.5 Å². The van der Waals surface area contributed by atoms with E-state index in [4.69, 9.17) is 10.7 Å². The third-order valence-corrected chi connectivity index (χ3v) is 4.48. The van der Waals surface area contributed by atoms with E-state index in [2.05, 4.69) is 37.6 Å². The summed E-state index contributed by atoms with van der Waals surface area (Å²) in [5.41, 5.74) is 8.79. The number of imidazole rings is 1. The van der Waals surface area contributed by atoms with E-state index in [1.54, 1.807) is 0 Å². The molecule has 0 saturated heterocycles. The standard InChI is InChI=1S/C13H11BrN4S/c14-7-1-4-11-9(5-7)16-12(18(11)8-2-3-8)10-6-19-13(15)17-10/h1,4-6,8H,2-3H2,(H2,15,17). The number of hydrogen-bond acceptors (Lipinski definition) is 4. The Hall–Kier alpha value is -1.40. The van der Waals surface area contributed by atoms with Gasteiger partial charge in [0.2, 0.25) is 0 Å². The number of rotatable bonds is 2. The van der Waals surface area contributed by atoms with Crippen molar-refractivity contribution in [3.63, 3.8) is 0 Å². The lowest BCUT2D eigenvalue weighted by Gasteiger charge is -2.05. The van der Waals surface area contributed by atoms with Crippen molar-refractivity contribution in [2.45, 2.75) is 18.9 Å². The van der Waals surface area contributed by atoms with Crippen LogP contribution in [-0.2, 0) is 0 Å². The first kappa shape index (κ1) is 11.4. The summed E-state index contributed by atoms with van der Waals surface area (Å²) < 4.78 is 3.35. The quantitative estimate of drug-likeness (QED) is 0.774. The first-order valence-electron chi connectivity index (χ1n) is 6.11. The van der Waals surface area contributed by atoms with E-state index in [-0.39, 0.29) is 0 Å². The summed E-state index contributed by atoms with van der Waals surface area (Å²) in [7, 11) is 0. The van der Waals surface area contributed by atoms with Crippen molar-refractivity contribution in [1.29, 1.82) is 0 Å². The number of nitrogens with two attached hydrogens (primary N) is 1. The second-order valence-electron chi connectivity index (χ2n) is 4.74. The molecule has 19 heavy (non-hydrogen) atoms. The highest BCUT2D eigenvalue weighted by Gasteiger charge is 2.29. The fourth-order valence-corrected chi connectivity index (χ4v) is 3.24. The molecule has 1 aromatic carbocycles. The first-order chi connectivity index (χ1) is 9.22. The van der Waals surface area contributed by atoms with Crippen LogP contribution in [0.2, 0.25) is 0 Å². The van der Waals surface area contributed by atoms with Crippen molar-refractivity contribution in [2.24, 2.45) is 0 Å². The number of halogens is 1. The van der Waals surface area contributed by atoms with Gasteiger partial charge in [0, 0.05) is 15.9 Å². The topological polar surface area (TPSA) is 56.7 Å². The number of benzene rings is 1. The Morgan fingerprint density at radius 3 is 2.84 bits per heavy atom. The van der Waals surface area contributed by atoms with Gasteiger partial charge >= 0.3 is 0 Å². The molecule has 0 unspecified atom stereocenters. The predicted molar refractivity (Wildman–Crippen MR) is 81.2 cm³/mol. The average molecular weight is 335 g/mol. The number of nitrogen functional groups attached to an aromatic ring is 1. The SMILES string of the molecule is Nc1nc(-c2nc3cc(Br)ccc3n2C2CC2)cs1. The molecule has 6 heteroatoms. The molecule has 0 atom stereocenters. The molecule has 96 valence electrons. The van der Waals surface area contributed by atoms with Crippen LogP contribution in [0.4, 0.5) is 5.13 Å². The van der Waals surface area contributed by atoms with E-state index in [1.807, 2.05) is 11.4 Å². The van der Waals surface area contributed by atoms with Gasteiger partial charge in [-0.1, -0.05) is 15.9 Å². The molecular formula is C13H11BrN4S. The molecule has 4 nitrogen and oxygen atoms in total. The van der Waals surface area contributed by atoms with Crippen LogP contribution >= 0.6 is 27.3 Å². The van der Waals surface area contributed by atoms with Crippen molar-refractivity contribution in [3.8, 4) is 11.5 Å². The zero-order valence-electron chi connectivity index (χ0n) is 10.0. The van der Waals surface area contributed by atoms with E-state index in [1.165, 1.54) is 29.7 Å². The highest BCUT2D eigenvalue weighted by Crippen LogP contribution is 2.41. The maximum Gasteiger partial charge on any atom is 0.180 e. The molecule has 2 heterocycles. The molecule has 2 aromatic heterocycles. The lowest BCUT2D eigenvalue weighted by Crippen LogP contribution is -1.97. The van der Waals surface area contributed by atoms with Gasteiger partial charge in [0.1, 0.15) is 5.69 Å². The molecule has 0 amide bonds. The van der Waals surface area contributed by atoms with Crippen LogP contribution in [-0.4, -0.2) is 14.5 Å². The predicted octanol–water partition coefficient (Wildman–Crippen LogP) is 3.84. The van der Waals surface area contributed by atoms with Gasteiger partial charge < -0.3 is 10.3 Å². The van der Waals surface area contributed by atoms with Crippen LogP contribution in [0.25, 0.3) is 22.6 Å². The fourth-order valence-electron chi connectivity index (χ4n) is 2.35. The molecule has 0 aliphatic heterocycles. The number of aromatic nitrogens is 3. The fraction of sp³-hybridized carbons (Fsp3) is 0.231. The maximum atomic E-state index is 5.74. The van der Waals surface area contributed by atoms with Gasteiger partial charge in [-0.3, -0.25) is 0 Å². The number of thiazole rings is 1. The molecule has 2 N–H and O–H groups in total. The Morgan fingerprint density at radius 2 is 2.16 bits per heavy atom. The van der Waals surface area contributed by atoms with Crippen LogP contribution in [0.3, 0.4) is 0 Å². The average Bonchev–Trinajstić information content (AvgIpc) is 3.02. The molecule has 0 bridgehead atoms. The minimum atomic E-state index is 0.559. The van der Waals surface area contributed by atoms with Crippen LogP contribution in [0.5, 0.6) is 0 Å². The Labute approximate surface area is 122 Å². The number of nitrogens with zero attached hydrogens (tertiary/aromatic N) is 3. The molecule has 3 aromatic rings. The molecule has 0 radical (unpaired) electrons. The molecule has 1 saturated carbocycles. The molecule has 0 spiro atoms. The van der Waals surface area contributed by atoms with Crippen molar-refractivity contribution < 1.29 is 0 Å². The number of fused-ring (bicyclic) bond motifs is 1. The molecule has 1 aliphatic carbocycles. The molecule has 4 rings (SSSR count). The minimum Gasteiger partial charge on any atom is -0.375 e. The summed E-state index contributed by atoms with van der Waals surface area (Å²) in [6.45, 7) is 0. The summed E-state index contributed by atoms with van der Waals surface area (Å²) in [5.74, 6) is 0.934. The van der Waals surface area contributed by atoms with Crippen molar-refractivity contribution >= 4 is 43.4 Å². The minimum absolute atomic E-state index is 0.559. The molecule has 1 fully saturated rings. The van der Waals surface area contributed by atoms with Crippen LogP contribution < -0.4 is 5.73 Å². The van der Waals surface area contributed by atoms with E-state index in [9.17, 15) is 0 Å². The third-order valence-electron chi connectivity index (χ3n) is 3.31. The highest BCUT2D eigenvalue weighted by molar-refractivity contribution is 9.10. The molecule has 1 aliphatic rings. The van der Waals surface area contributed by atoms with Gasteiger partial charge in [-0.05, 0) is 31.0 Å². The summed E-state index contributed by atoms with van der Waals surface area (Å²) in [6, 6.07) is 6.78. The zero-order valence-corrected chi connectivity index (χ0v) is 12.4. The van der Waals surface area contributed by atoms with Crippen molar-refractivity contribution in [2.75, 3.05) is 5.73 Å². The normalized spacial score (nSPS) is 15.2. The zero-order chi connectivity index (χ0) is 13.0. The van der Waals surface area contributed by atoms with Gasteiger partial charge in [-0.15, -0.1) is 11.3 Å². The van der Waals surface area contributed by atoms with Gasteiger partial charge in [0.05, 0.1) is 11.0 Å². The lowest BCUT2D eigenvalue weighted by atomic mass is 10.3. The second-order valence-corrected chi connectivity index (χ2v) is 6.55. The van der Waals surface area contributed by atoms with Crippen molar-refractivity contribution in [3.05, 3.63) is 28.1 Å². The number of anilines is 1. The Balaban J connectivity index is 2.01. The van der Waals surface area contributed by atoms with E-state index >= 15 is 0 Å². The summed E-state index contributed by atoms with van der Waals surface area (Å²) in [4.78, 5) is 9.11. The van der Waals surface area contributed by atoms with Gasteiger partial charge in [-0.2, -0.15) is 0 Å². The van der Waals surface area contributed by atoms with E-state index < -0.39 is 0 Å². The summed E-state index contributed by atoms with van der Waals surface area (Å²) in [6.07, 6.45) is 2.43. The van der Waals surface area contributed by atoms with Gasteiger partial charge in [0.15, 0.2) is 11.0 Å². The van der Waals surface area contributed by atoms with Crippen LogP contribution in [0.1, 0.15) is 18.9 Å². The van der Waals surface area contributed by atoms with Crippen LogP contribution in [0, 0.1) is 0 Å². The number of hydrogen-bond donors (Lipinski definition) is 1. The third kappa shape index (κ3) is 1.86. The lowest BCUT2D eigenvalue weighted by molar-refractivity contribution is 0.773. The first-order valence-corrected chi connectivity index (χ1v) is 7.78. The summed E-state index contributed by atoms with van der Waals surface area (Å²) >= 11 is 4.95. The Kier molecular flexibility index (Phi) is 2.43. The van der Waals surface area contributed by atoms with Gasteiger partial charge in [-0.25, -0.2) is 9.97 Å². The summed E-state index contributed by atoms with van der Waals surface area (Å²) in [5, 5.41) is 2.57. The monoisotopic (exact) mass is 334 g/mol. The Morgan fingerprint density at radius 1 is 1.32 bits per heavy atom.